The zero-order valence-corrected chi connectivity index (χ0v) is 12.4. The van der Waals surface area contributed by atoms with Gasteiger partial charge in [0.1, 0.15) is 11.4 Å². The van der Waals surface area contributed by atoms with Crippen LogP contribution in [0.5, 0.6) is 0 Å². The van der Waals surface area contributed by atoms with Crippen molar-refractivity contribution < 1.29 is 13.9 Å². The van der Waals surface area contributed by atoms with Gasteiger partial charge in [-0.2, -0.15) is 0 Å². The number of rotatable bonds is 2. The molecule has 112 valence electrons. The Bertz CT molecular complexity index is 915. The lowest BCUT2D eigenvalue weighted by atomic mass is 10.00. The van der Waals surface area contributed by atoms with E-state index in [4.69, 9.17) is 16.0 Å². The van der Waals surface area contributed by atoms with Crippen LogP contribution in [0.1, 0.15) is 18.6 Å². The summed E-state index contributed by atoms with van der Waals surface area (Å²) in [6, 6.07) is 10.4. The summed E-state index contributed by atoms with van der Waals surface area (Å²) in [6.07, 6.45) is -0.673. The van der Waals surface area contributed by atoms with Gasteiger partial charge in [-0.25, -0.2) is 9.18 Å². The van der Waals surface area contributed by atoms with Gasteiger partial charge in [-0.05, 0) is 36.8 Å². The smallest absolute Gasteiger partial charge is 0.336 e. The lowest BCUT2D eigenvalue weighted by Gasteiger charge is -2.10. The maximum atomic E-state index is 13.2. The van der Waals surface area contributed by atoms with E-state index in [1.54, 1.807) is 25.1 Å². The van der Waals surface area contributed by atoms with Crippen LogP contribution in [-0.4, -0.2) is 5.11 Å². The molecule has 0 spiro atoms. The highest BCUT2D eigenvalue weighted by atomic mass is 35.5. The predicted molar refractivity (Wildman–Crippen MR) is 83.5 cm³/mol. The second-order valence-corrected chi connectivity index (χ2v) is 5.44. The van der Waals surface area contributed by atoms with E-state index in [9.17, 15) is 14.3 Å². The van der Waals surface area contributed by atoms with Crippen molar-refractivity contribution in [1.29, 1.82) is 0 Å². The van der Waals surface area contributed by atoms with Crippen LogP contribution in [0.4, 0.5) is 4.39 Å². The molecule has 1 heterocycles. The second kappa shape index (κ2) is 5.55. The molecule has 1 unspecified atom stereocenters. The van der Waals surface area contributed by atoms with Crippen LogP contribution in [-0.2, 0) is 0 Å². The summed E-state index contributed by atoms with van der Waals surface area (Å²) < 4.78 is 18.4. The first-order chi connectivity index (χ1) is 10.5. The van der Waals surface area contributed by atoms with Gasteiger partial charge in [-0.15, -0.1) is 0 Å². The van der Waals surface area contributed by atoms with Gasteiger partial charge >= 0.3 is 5.63 Å². The van der Waals surface area contributed by atoms with Gasteiger partial charge in [0.25, 0.3) is 0 Å². The number of halogens is 2. The van der Waals surface area contributed by atoms with Crippen molar-refractivity contribution in [2.24, 2.45) is 0 Å². The normalized spacial score (nSPS) is 12.5. The van der Waals surface area contributed by atoms with E-state index >= 15 is 0 Å². The minimum atomic E-state index is -0.673. The number of aliphatic hydroxyl groups is 1. The topological polar surface area (TPSA) is 50.4 Å². The lowest BCUT2D eigenvalue weighted by molar-refractivity contribution is 0.199. The third kappa shape index (κ3) is 2.63. The van der Waals surface area contributed by atoms with E-state index in [0.29, 0.717) is 27.7 Å². The molecule has 3 rings (SSSR count). The molecule has 0 bridgehead atoms. The average molecular weight is 319 g/mol. The number of fused-ring (bicyclic) bond motifs is 1. The largest absolute Gasteiger partial charge is 0.423 e. The van der Waals surface area contributed by atoms with Crippen molar-refractivity contribution in [3.63, 3.8) is 0 Å². The Kier molecular flexibility index (Phi) is 3.72. The molecular weight excluding hydrogens is 307 g/mol. The van der Waals surface area contributed by atoms with Crippen LogP contribution < -0.4 is 5.63 Å². The molecule has 0 saturated carbocycles. The minimum Gasteiger partial charge on any atom is -0.423 e. The number of aliphatic hydroxyl groups excluding tert-OH is 1. The van der Waals surface area contributed by atoms with Gasteiger partial charge in [0.2, 0.25) is 0 Å². The van der Waals surface area contributed by atoms with Gasteiger partial charge in [0, 0.05) is 22.6 Å². The fourth-order valence-electron chi connectivity index (χ4n) is 2.37. The summed E-state index contributed by atoms with van der Waals surface area (Å²) in [5.41, 5.74) is 1.56. The van der Waals surface area contributed by atoms with E-state index < -0.39 is 17.5 Å². The Morgan fingerprint density at radius 3 is 2.59 bits per heavy atom. The highest BCUT2D eigenvalue weighted by molar-refractivity contribution is 6.33. The zero-order valence-electron chi connectivity index (χ0n) is 11.6. The van der Waals surface area contributed by atoms with Crippen molar-refractivity contribution in [2.45, 2.75) is 13.0 Å². The molecular formula is C17H12ClFO3. The number of hydrogen-bond acceptors (Lipinski definition) is 3. The Morgan fingerprint density at radius 1 is 1.14 bits per heavy atom. The Hall–Kier alpha value is -2.17. The van der Waals surface area contributed by atoms with Gasteiger partial charge in [-0.1, -0.05) is 23.7 Å². The molecule has 3 nitrogen and oxygen atoms in total. The maximum Gasteiger partial charge on any atom is 0.336 e. The first-order valence-electron chi connectivity index (χ1n) is 6.67. The molecule has 3 aromatic rings. The van der Waals surface area contributed by atoms with Gasteiger partial charge in [0.05, 0.1) is 11.1 Å². The van der Waals surface area contributed by atoms with Crippen molar-refractivity contribution in [2.75, 3.05) is 0 Å². The van der Waals surface area contributed by atoms with E-state index in [1.165, 1.54) is 24.3 Å². The summed E-state index contributed by atoms with van der Waals surface area (Å²) in [7, 11) is 0. The first-order valence-corrected chi connectivity index (χ1v) is 7.05. The Morgan fingerprint density at radius 2 is 1.91 bits per heavy atom. The number of hydrogen-bond donors (Lipinski definition) is 1. The van der Waals surface area contributed by atoms with E-state index in [0.717, 1.165) is 0 Å². The molecule has 5 heteroatoms. The molecule has 2 aromatic carbocycles. The number of benzene rings is 2. The highest BCUT2D eigenvalue weighted by Gasteiger charge is 2.13. The van der Waals surface area contributed by atoms with Crippen LogP contribution in [0, 0.1) is 5.82 Å². The van der Waals surface area contributed by atoms with Crippen LogP contribution in [0.15, 0.2) is 51.7 Å². The molecule has 0 saturated heterocycles. The Labute approximate surface area is 130 Å². The monoisotopic (exact) mass is 318 g/mol. The Balaban J connectivity index is 2.32. The van der Waals surface area contributed by atoms with Crippen LogP contribution >= 0.6 is 11.6 Å². The van der Waals surface area contributed by atoms with E-state index in [-0.39, 0.29) is 5.02 Å². The van der Waals surface area contributed by atoms with Crippen molar-refractivity contribution in [3.05, 3.63) is 69.3 Å². The second-order valence-electron chi connectivity index (χ2n) is 5.03. The molecule has 0 aliphatic rings. The van der Waals surface area contributed by atoms with E-state index in [2.05, 4.69) is 0 Å². The van der Waals surface area contributed by atoms with Crippen LogP contribution in [0.3, 0.4) is 0 Å². The van der Waals surface area contributed by atoms with Crippen molar-refractivity contribution in [1.82, 2.24) is 0 Å². The van der Waals surface area contributed by atoms with E-state index in [1.807, 2.05) is 0 Å². The van der Waals surface area contributed by atoms with Crippen molar-refractivity contribution in [3.8, 4) is 11.1 Å². The summed E-state index contributed by atoms with van der Waals surface area (Å²) in [4.78, 5) is 11.8. The third-order valence-electron chi connectivity index (χ3n) is 3.47. The average Bonchev–Trinajstić information content (AvgIpc) is 2.45. The summed E-state index contributed by atoms with van der Waals surface area (Å²) in [5, 5.41) is 10.5. The van der Waals surface area contributed by atoms with Crippen LogP contribution in [0.25, 0.3) is 22.1 Å². The van der Waals surface area contributed by atoms with Gasteiger partial charge in [0.15, 0.2) is 0 Å². The third-order valence-corrected chi connectivity index (χ3v) is 3.78. The molecule has 0 amide bonds. The van der Waals surface area contributed by atoms with Crippen LogP contribution in [0.2, 0.25) is 5.02 Å². The molecule has 1 N–H and O–H groups in total. The zero-order chi connectivity index (χ0) is 15.9. The molecule has 1 aromatic heterocycles. The molecule has 0 fully saturated rings. The van der Waals surface area contributed by atoms with Gasteiger partial charge < -0.3 is 9.52 Å². The molecule has 22 heavy (non-hydrogen) atoms. The summed E-state index contributed by atoms with van der Waals surface area (Å²) in [6.45, 7) is 1.62. The molecule has 1 atom stereocenters. The molecule has 0 radical (unpaired) electrons. The fraction of sp³-hybridized carbons (Fsp3) is 0.118. The quantitative estimate of drug-likeness (QED) is 0.716. The predicted octanol–water partition coefficient (Wildman–Crippen LogP) is 4.31. The standard InChI is InChI=1S/C17H12ClFO3/c1-9(20)10-2-4-13-14(8-17(21)22-16(13)6-10)12-5-3-11(19)7-15(12)18/h2-9,20H,1H3. The first kappa shape index (κ1) is 14.8. The SMILES string of the molecule is CC(O)c1ccc2c(-c3ccc(F)cc3Cl)cc(=O)oc2c1. The maximum absolute atomic E-state index is 13.2. The summed E-state index contributed by atoms with van der Waals surface area (Å²) >= 11 is 6.09. The lowest BCUT2D eigenvalue weighted by Crippen LogP contribution is -2.00. The van der Waals surface area contributed by atoms with Gasteiger partial charge in [-0.3, -0.25) is 0 Å². The van der Waals surface area contributed by atoms with Crippen molar-refractivity contribution >= 4 is 22.6 Å². The fourth-order valence-corrected chi connectivity index (χ4v) is 2.64. The molecule has 0 aliphatic heterocycles. The summed E-state index contributed by atoms with van der Waals surface area (Å²) in [5.74, 6) is -0.447. The minimum absolute atomic E-state index is 0.214. The molecule has 0 aliphatic carbocycles. The highest BCUT2D eigenvalue weighted by Crippen LogP contribution is 2.33.